The molecule has 0 aliphatic carbocycles. The van der Waals surface area contributed by atoms with Gasteiger partial charge in [0.25, 0.3) is 0 Å². The maximum absolute atomic E-state index is 12.2. The minimum atomic E-state index is -0.509. The third kappa shape index (κ3) is 4.40. The van der Waals surface area contributed by atoms with Gasteiger partial charge >= 0.3 is 6.03 Å². The van der Waals surface area contributed by atoms with Gasteiger partial charge in [-0.3, -0.25) is 15.0 Å². The molecule has 1 aliphatic rings. The monoisotopic (exact) mass is 316 g/mol. The van der Waals surface area contributed by atoms with E-state index in [4.69, 9.17) is 5.73 Å². The van der Waals surface area contributed by atoms with Crippen molar-refractivity contribution in [2.75, 3.05) is 19.6 Å². The number of hydrogen-bond donors (Lipinski definition) is 3. The van der Waals surface area contributed by atoms with Gasteiger partial charge in [-0.2, -0.15) is 0 Å². The molecule has 1 aliphatic heterocycles. The molecule has 1 fully saturated rings. The fraction of sp³-hybridized carbons (Fsp3) is 0.412. The minimum absolute atomic E-state index is 0.0257. The molecular weight excluding hydrogens is 292 g/mol. The molecule has 6 nitrogen and oxygen atoms in total. The highest BCUT2D eigenvalue weighted by Gasteiger charge is 2.35. The van der Waals surface area contributed by atoms with Gasteiger partial charge in [0.15, 0.2) is 0 Å². The van der Waals surface area contributed by atoms with E-state index < -0.39 is 12.1 Å². The maximum atomic E-state index is 12.2. The van der Waals surface area contributed by atoms with E-state index in [0.29, 0.717) is 19.6 Å². The van der Waals surface area contributed by atoms with Crippen molar-refractivity contribution in [3.63, 3.8) is 0 Å². The fourth-order valence-corrected chi connectivity index (χ4v) is 2.82. The highest BCUT2D eigenvalue weighted by atomic mass is 16.2. The second-order valence-electron chi connectivity index (χ2n) is 5.80. The van der Waals surface area contributed by atoms with Crippen molar-refractivity contribution in [3.8, 4) is 0 Å². The summed E-state index contributed by atoms with van der Waals surface area (Å²) in [6.45, 7) is 6.94. The van der Waals surface area contributed by atoms with E-state index in [9.17, 15) is 9.59 Å². The second-order valence-corrected chi connectivity index (χ2v) is 5.80. The largest absolute Gasteiger partial charge is 0.334 e. The Morgan fingerprint density at radius 2 is 2.09 bits per heavy atom. The van der Waals surface area contributed by atoms with E-state index in [1.54, 1.807) is 13.0 Å². The first kappa shape index (κ1) is 17.2. The zero-order chi connectivity index (χ0) is 16.8. The van der Waals surface area contributed by atoms with Gasteiger partial charge in [0.05, 0.1) is 6.04 Å². The predicted molar refractivity (Wildman–Crippen MR) is 89.9 cm³/mol. The van der Waals surface area contributed by atoms with Gasteiger partial charge < -0.3 is 11.1 Å². The van der Waals surface area contributed by atoms with Crippen molar-refractivity contribution < 1.29 is 9.59 Å². The Morgan fingerprint density at radius 3 is 2.74 bits per heavy atom. The van der Waals surface area contributed by atoms with Crippen LogP contribution in [0.1, 0.15) is 18.4 Å². The van der Waals surface area contributed by atoms with E-state index in [1.165, 1.54) is 5.56 Å². The Hall–Kier alpha value is -2.18. The molecule has 1 unspecified atom stereocenters. The summed E-state index contributed by atoms with van der Waals surface area (Å²) in [4.78, 5) is 25.7. The lowest BCUT2D eigenvalue weighted by molar-refractivity contribution is -0.124. The van der Waals surface area contributed by atoms with Crippen LogP contribution >= 0.6 is 0 Å². The van der Waals surface area contributed by atoms with E-state index >= 15 is 0 Å². The summed E-state index contributed by atoms with van der Waals surface area (Å²) in [5.74, 6) is -0.131. The average molecular weight is 316 g/mol. The average Bonchev–Trinajstić information content (AvgIpc) is 2.94. The lowest BCUT2D eigenvalue weighted by atomic mass is 9.95. The summed E-state index contributed by atoms with van der Waals surface area (Å²) >= 11 is 0. The molecule has 0 saturated carbocycles. The number of nitrogens with one attached hydrogen (secondary N) is 2. The third-order valence-electron chi connectivity index (χ3n) is 4.19. The van der Waals surface area contributed by atoms with Gasteiger partial charge in [-0.1, -0.05) is 36.4 Å². The van der Waals surface area contributed by atoms with Crippen LogP contribution in [0.4, 0.5) is 4.79 Å². The number of carbonyl (C=O) groups excluding carboxylic acids is 2. The number of likely N-dealkylation sites (tertiary alicyclic amines) is 1. The Balaban J connectivity index is 1.93. The Labute approximate surface area is 136 Å². The van der Waals surface area contributed by atoms with Crippen LogP contribution < -0.4 is 16.4 Å². The van der Waals surface area contributed by atoms with Crippen molar-refractivity contribution in [2.45, 2.75) is 24.9 Å². The van der Waals surface area contributed by atoms with Crippen LogP contribution in [0.5, 0.6) is 0 Å². The molecule has 1 aromatic carbocycles. The molecule has 1 heterocycles. The van der Waals surface area contributed by atoms with Crippen molar-refractivity contribution in [2.24, 2.45) is 5.73 Å². The normalized spacial score (nSPS) is 22.3. The summed E-state index contributed by atoms with van der Waals surface area (Å²) in [6, 6.07) is 9.12. The number of imide groups is 1. The summed E-state index contributed by atoms with van der Waals surface area (Å²) in [7, 11) is 0. The van der Waals surface area contributed by atoms with Crippen molar-refractivity contribution in [3.05, 3.63) is 48.6 Å². The van der Waals surface area contributed by atoms with E-state index in [2.05, 4.69) is 29.3 Å². The molecule has 23 heavy (non-hydrogen) atoms. The molecule has 4 N–H and O–H groups in total. The maximum Gasteiger partial charge on any atom is 0.321 e. The van der Waals surface area contributed by atoms with Gasteiger partial charge in [-0.05, 0) is 12.5 Å². The fourth-order valence-electron chi connectivity index (χ4n) is 2.82. The van der Waals surface area contributed by atoms with E-state index in [-0.39, 0.29) is 17.9 Å². The zero-order valence-corrected chi connectivity index (χ0v) is 13.4. The number of hydrogen-bond acceptors (Lipinski definition) is 4. The molecule has 1 aromatic rings. The van der Waals surface area contributed by atoms with Gasteiger partial charge in [0.2, 0.25) is 5.91 Å². The number of rotatable bonds is 5. The number of urea groups is 1. The molecule has 1 saturated heterocycles. The minimum Gasteiger partial charge on any atom is -0.334 e. The molecule has 0 radical (unpaired) electrons. The van der Waals surface area contributed by atoms with E-state index in [0.717, 1.165) is 0 Å². The van der Waals surface area contributed by atoms with Gasteiger partial charge in [-0.25, -0.2) is 4.79 Å². The molecule has 0 bridgehead atoms. The van der Waals surface area contributed by atoms with Crippen LogP contribution in [-0.2, 0) is 4.79 Å². The van der Waals surface area contributed by atoms with Crippen LogP contribution in [0.2, 0.25) is 0 Å². The predicted octanol–water partition coefficient (Wildman–Crippen LogP) is 0.813. The first-order chi connectivity index (χ1) is 11.0. The smallest absolute Gasteiger partial charge is 0.321 e. The second kappa shape index (κ2) is 7.89. The molecule has 0 spiro atoms. The number of nitrogens with zero attached hydrogens (tertiary/aromatic N) is 1. The lowest BCUT2D eigenvalue weighted by Gasteiger charge is -2.23. The quantitative estimate of drug-likeness (QED) is 0.702. The van der Waals surface area contributed by atoms with Crippen LogP contribution in [0, 0.1) is 0 Å². The standard InChI is InChI=1S/C17H24N4O2/c1-3-9-19-17(23)20-16(22)12(2)21-10-14(15(18)11-21)13-7-5-4-6-8-13/h3-8,12,14-15H,1,9-11,18H2,2H3,(H2,19,20,22,23)/t12?,14-,15+/m0/s1. The van der Waals surface area contributed by atoms with Gasteiger partial charge in [0, 0.05) is 31.6 Å². The van der Waals surface area contributed by atoms with Crippen LogP contribution in [-0.4, -0.2) is 48.6 Å². The summed E-state index contributed by atoms with van der Waals surface area (Å²) < 4.78 is 0. The number of benzene rings is 1. The first-order valence-corrected chi connectivity index (χ1v) is 7.77. The Morgan fingerprint density at radius 1 is 1.39 bits per heavy atom. The molecule has 3 amide bonds. The highest BCUT2D eigenvalue weighted by molar-refractivity contribution is 5.96. The first-order valence-electron chi connectivity index (χ1n) is 7.77. The molecule has 3 atom stereocenters. The van der Waals surface area contributed by atoms with Crippen molar-refractivity contribution >= 4 is 11.9 Å². The van der Waals surface area contributed by atoms with Crippen molar-refractivity contribution in [1.29, 1.82) is 0 Å². The molecular formula is C17H24N4O2. The number of amides is 3. The van der Waals surface area contributed by atoms with Crippen LogP contribution in [0.15, 0.2) is 43.0 Å². The summed E-state index contributed by atoms with van der Waals surface area (Å²) in [5.41, 5.74) is 7.42. The third-order valence-corrected chi connectivity index (χ3v) is 4.19. The van der Waals surface area contributed by atoms with E-state index in [1.807, 2.05) is 23.1 Å². The SMILES string of the molecule is C=CCNC(=O)NC(=O)C(C)N1C[C@@H](N)[C@H](c2ccccc2)C1. The van der Waals surface area contributed by atoms with Crippen LogP contribution in [0.3, 0.4) is 0 Å². The molecule has 0 aromatic heterocycles. The Kier molecular flexibility index (Phi) is 5.90. The number of nitrogens with two attached hydrogens (primary N) is 1. The zero-order valence-electron chi connectivity index (χ0n) is 13.4. The molecule has 124 valence electrons. The molecule has 2 rings (SSSR count). The van der Waals surface area contributed by atoms with Gasteiger partial charge in [0.1, 0.15) is 0 Å². The molecule has 6 heteroatoms. The van der Waals surface area contributed by atoms with Crippen molar-refractivity contribution in [1.82, 2.24) is 15.5 Å². The summed E-state index contributed by atoms with van der Waals surface area (Å²) in [6.07, 6.45) is 1.55. The van der Waals surface area contributed by atoms with Gasteiger partial charge in [-0.15, -0.1) is 6.58 Å². The lowest BCUT2D eigenvalue weighted by Crippen LogP contribution is -2.49. The van der Waals surface area contributed by atoms with Crippen LogP contribution in [0.25, 0.3) is 0 Å². The Bertz CT molecular complexity index is 561. The summed E-state index contributed by atoms with van der Waals surface area (Å²) in [5, 5.41) is 4.86. The number of carbonyl (C=O) groups is 2. The highest BCUT2D eigenvalue weighted by Crippen LogP contribution is 2.27. The topological polar surface area (TPSA) is 87.5 Å².